The Balaban J connectivity index is 1.69. The molecule has 0 unspecified atom stereocenters. The van der Waals surface area contributed by atoms with Crippen LogP contribution in [0.3, 0.4) is 0 Å². The fourth-order valence-corrected chi connectivity index (χ4v) is 4.13. The summed E-state index contributed by atoms with van der Waals surface area (Å²) >= 11 is 0. The number of hydrogen-bond donors (Lipinski definition) is 1. The van der Waals surface area contributed by atoms with Crippen LogP contribution in [0.5, 0.6) is 0 Å². The van der Waals surface area contributed by atoms with Gasteiger partial charge in [-0.25, -0.2) is 0 Å². The average molecular weight is 380 g/mol. The van der Waals surface area contributed by atoms with E-state index in [4.69, 9.17) is 4.74 Å². The van der Waals surface area contributed by atoms with E-state index in [2.05, 4.69) is 19.2 Å². The predicted molar refractivity (Wildman–Crippen MR) is 111 cm³/mol. The highest BCUT2D eigenvalue weighted by atomic mass is 16.5. The molecule has 0 saturated heterocycles. The number of rotatable bonds is 6. The van der Waals surface area contributed by atoms with Gasteiger partial charge in [0.05, 0.1) is 5.41 Å². The first-order valence-electron chi connectivity index (χ1n) is 10.1. The van der Waals surface area contributed by atoms with Gasteiger partial charge in [0.2, 0.25) is 0 Å². The quantitative estimate of drug-likeness (QED) is 0.710. The van der Waals surface area contributed by atoms with Crippen molar-refractivity contribution in [3.8, 4) is 0 Å². The van der Waals surface area contributed by atoms with E-state index < -0.39 is 5.41 Å². The van der Waals surface area contributed by atoms with Crippen molar-refractivity contribution in [2.75, 3.05) is 11.9 Å². The molecule has 1 N–H and O–H groups in total. The summed E-state index contributed by atoms with van der Waals surface area (Å²) in [5.41, 5.74) is 3.27. The van der Waals surface area contributed by atoms with Crippen molar-refractivity contribution in [2.45, 2.75) is 57.8 Å². The maximum absolute atomic E-state index is 13.0. The van der Waals surface area contributed by atoms with Crippen molar-refractivity contribution < 1.29 is 14.3 Å². The highest BCUT2D eigenvalue weighted by Gasteiger charge is 2.44. The monoisotopic (exact) mass is 379 g/mol. The molecule has 1 aliphatic carbocycles. The Morgan fingerprint density at radius 1 is 1.04 bits per heavy atom. The number of esters is 1. The number of amides is 1. The number of aryl methyl sites for hydroxylation is 1. The average Bonchev–Trinajstić information content (AvgIpc) is 3.19. The normalized spacial score (nSPS) is 15.4. The fraction of sp³-hybridized carbons (Fsp3) is 0.417. The first-order chi connectivity index (χ1) is 13.4. The molecule has 1 saturated carbocycles. The summed E-state index contributed by atoms with van der Waals surface area (Å²) in [6.45, 7) is 5.89. The molecule has 3 rings (SSSR count). The Labute approximate surface area is 167 Å². The Morgan fingerprint density at radius 3 is 2.36 bits per heavy atom. The lowest BCUT2D eigenvalue weighted by Crippen LogP contribution is -2.36. The molecule has 0 atom stereocenters. The molecule has 0 radical (unpaired) electrons. The molecule has 1 aliphatic rings. The Hall–Kier alpha value is -2.62. The van der Waals surface area contributed by atoms with Crippen molar-refractivity contribution in [3.63, 3.8) is 0 Å². The smallest absolute Gasteiger partial charge is 0.317 e. The molecule has 2 aromatic rings. The summed E-state index contributed by atoms with van der Waals surface area (Å²) < 4.78 is 5.51. The molecule has 4 heteroatoms. The zero-order chi connectivity index (χ0) is 20.1. The van der Waals surface area contributed by atoms with Crippen molar-refractivity contribution in [1.82, 2.24) is 0 Å². The molecule has 148 valence electrons. The van der Waals surface area contributed by atoms with Gasteiger partial charge in [-0.3, -0.25) is 9.59 Å². The summed E-state index contributed by atoms with van der Waals surface area (Å²) in [7, 11) is 0. The van der Waals surface area contributed by atoms with E-state index in [1.54, 1.807) is 0 Å². The van der Waals surface area contributed by atoms with E-state index in [1.165, 1.54) is 0 Å². The van der Waals surface area contributed by atoms with Crippen LogP contribution < -0.4 is 5.32 Å². The predicted octanol–water partition coefficient (Wildman–Crippen LogP) is 5.11. The van der Waals surface area contributed by atoms with Gasteiger partial charge in [0.1, 0.15) is 0 Å². The van der Waals surface area contributed by atoms with Crippen LogP contribution in [0.15, 0.2) is 48.5 Å². The number of benzene rings is 2. The van der Waals surface area contributed by atoms with E-state index in [-0.39, 0.29) is 24.4 Å². The molecule has 1 amide bonds. The lowest BCUT2D eigenvalue weighted by atomic mass is 9.79. The van der Waals surface area contributed by atoms with E-state index in [0.29, 0.717) is 0 Å². The number of anilines is 1. The summed E-state index contributed by atoms with van der Waals surface area (Å²) in [4.78, 5) is 25.5. The van der Waals surface area contributed by atoms with Crippen LogP contribution in [0.1, 0.15) is 62.1 Å². The number of nitrogens with one attached hydrogen (secondary N) is 1. The zero-order valence-electron chi connectivity index (χ0n) is 17.0. The number of carbonyl (C=O) groups is 2. The largest absolute Gasteiger partial charge is 0.455 e. The van der Waals surface area contributed by atoms with Gasteiger partial charge in [0.15, 0.2) is 6.61 Å². The third-order valence-electron chi connectivity index (χ3n) is 5.70. The lowest BCUT2D eigenvalue weighted by molar-refractivity contribution is -0.153. The van der Waals surface area contributed by atoms with Crippen molar-refractivity contribution >= 4 is 17.6 Å². The number of para-hydroxylation sites is 1. The summed E-state index contributed by atoms with van der Waals surface area (Å²) in [6.07, 6.45) is 3.54. The second kappa shape index (κ2) is 8.59. The topological polar surface area (TPSA) is 55.4 Å². The molecule has 0 aromatic heterocycles. The van der Waals surface area contributed by atoms with Crippen LogP contribution >= 0.6 is 0 Å². The molecule has 0 bridgehead atoms. The van der Waals surface area contributed by atoms with Gasteiger partial charge in [-0.2, -0.15) is 0 Å². The molecule has 0 heterocycles. The third kappa shape index (κ3) is 4.11. The molecule has 0 spiro atoms. The fourth-order valence-electron chi connectivity index (χ4n) is 4.13. The van der Waals surface area contributed by atoms with Crippen molar-refractivity contribution in [2.24, 2.45) is 0 Å². The van der Waals surface area contributed by atoms with Crippen LogP contribution in [-0.4, -0.2) is 18.5 Å². The van der Waals surface area contributed by atoms with Gasteiger partial charge < -0.3 is 10.1 Å². The first-order valence-corrected chi connectivity index (χ1v) is 10.1. The Bertz CT molecular complexity index is 836. The van der Waals surface area contributed by atoms with Crippen LogP contribution in [0.25, 0.3) is 0 Å². The number of carbonyl (C=O) groups excluding carboxylic acids is 2. The van der Waals surface area contributed by atoms with Crippen LogP contribution in [-0.2, 0) is 19.7 Å². The zero-order valence-corrected chi connectivity index (χ0v) is 17.0. The van der Waals surface area contributed by atoms with Gasteiger partial charge in [-0.1, -0.05) is 75.2 Å². The van der Waals surface area contributed by atoms with E-state index in [1.807, 2.05) is 55.5 Å². The molecular formula is C24H29NO3. The van der Waals surface area contributed by atoms with Crippen LogP contribution in [0.2, 0.25) is 0 Å². The molecule has 2 aromatic carbocycles. The molecular weight excluding hydrogens is 350 g/mol. The highest BCUT2D eigenvalue weighted by Crippen LogP contribution is 2.42. The summed E-state index contributed by atoms with van der Waals surface area (Å²) in [6, 6.07) is 15.8. The number of ether oxygens (including phenoxy) is 1. The van der Waals surface area contributed by atoms with Gasteiger partial charge in [-0.15, -0.1) is 0 Å². The minimum Gasteiger partial charge on any atom is -0.455 e. The molecule has 1 fully saturated rings. The molecule has 4 nitrogen and oxygen atoms in total. The van der Waals surface area contributed by atoms with Gasteiger partial charge in [-0.05, 0) is 42.4 Å². The lowest BCUT2D eigenvalue weighted by Gasteiger charge is -2.27. The highest BCUT2D eigenvalue weighted by molar-refractivity contribution is 5.95. The maximum Gasteiger partial charge on any atom is 0.317 e. The SMILES string of the molecule is Cc1cccc(C(C)C)c1NC(=O)COC(=O)C1(c2ccccc2)CCCC1. The maximum atomic E-state index is 13.0. The van der Waals surface area contributed by atoms with Crippen LogP contribution in [0, 0.1) is 6.92 Å². The third-order valence-corrected chi connectivity index (χ3v) is 5.70. The second-order valence-electron chi connectivity index (χ2n) is 7.97. The van der Waals surface area contributed by atoms with Gasteiger partial charge >= 0.3 is 5.97 Å². The first kappa shape index (κ1) is 20.1. The van der Waals surface area contributed by atoms with Crippen molar-refractivity contribution in [1.29, 1.82) is 0 Å². The van der Waals surface area contributed by atoms with E-state index >= 15 is 0 Å². The van der Waals surface area contributed by atoms with Gasteiger partial charge in [0, 0.05) is 5.69 Å². The molecule has 0 aliphatic heterocycles. The minimum absolute atomic E-state index is 0.265. The van der Waals surface area contributed by atoms with E-state index in [9.17, 15) is 9.59 Å². The standard InChI is InChI=1S/C24H29NO3/c1-17(2)20-13-9-10-18(3)22(20)25-21(26)16-28-23(27)24(14-7-8-15-24)19-11-5-4-6-12-19/h4-6,9-13,17H,7-8,14-16H2,1-3H3,(H,25,26). The Kier molecular flexibility index (Phi) is 6.18. The summed E-state index contributed by atoms with van der Waals surface area (Å²) in [5, 5.41) is 2.94. The summed E-state index contributed by atoms with van der Waals surface area (Å²) in [5.74, 6) is -0.302. The molecule has 28 heavy (non-hydrogen) atoms. The second-order valence-corrected chi connectivity index (χ2v) is 7.97. The van der Waals surface area contributed by atoms with Crippen LogP contribution in [0.4, 0.5) is 5.69 Å². The Morgan fingerprint density at radius 2 is 1.71 bits per heavy atom. The van der Waals surface area contributed by atoms with Gasteiger partial charge in [0.25, 0.3) is 5.91 Å². The minimum atomic E-state index is -0.618. The van der Waals surface area contributed by atoms with Crippen molar-refractivity contribution in [3.05, 3.63) is 65.2 Å². The van der Waals surface area contributed by atoms with E-state index in [0.717, 1.165) is 48.1 Å². The number of hydrogen-bond acceptors (Lipinski definition) is 3.